The molecule has 0 radical (unpaired) electrons. The summed E-state index contributed by atoms with van der Waals surface area (Å²) in [4.78, 5) is 31.8. The molecule has 1 aliphatic carbocycles. The number of aryl methyl sites for hydroxylation is 2. The number of amides is 1. The molecule has 4 rings (SSSR count). The Morgan fingerprint density at radius 2 is 2.11 bits per heavy atom. The van der Waals surface area contributed by atoms with Crippen molar-refractivity contribution in [3.05, 3.63) is 62.0 Å². The second-order valence-corrected chi connectivity index (χ2v) is 8.35. The summed E-state index contributed by atoms with van der Waals surface area (Å²) in [5.74, 6) is -0.223. The van der Waals surface area contributed by atoms with Gasteiger partial charge in [0, 0.05) is 16.4 Å². The van der Waals surface area contributed by atoms with Crippen molar-refractivity contribution >= 4 is 39.1 Å². The number of carbonyl (C=O) groups is 1. The zero-order valence-electron chi connectivity index (χ0n) is 14.8. The summed E-state index contributed by atoms with van der Waals surface area (Å²) >= 11 is 7.59. The lowest BCUT2D eigenvalue weighted by Crippen LogP contribution is -2.32. The molecule has 0 atom stereocenters. The fourth-order valence-corrected chi connectivity index (χ4v) is 4.96. The van der Waals surface area contributed by atoms with E-state index >= 15 is 0 Å². The average Bonchev–Trinajstić information content (AvgIpc) is 2.85. The molecule has 1 amide bonds. The van der Waals surface area contributed by atoms with Crippen molar-refractivity contribution in [3.63, 3.8) is 0 Å². The van der Waals surface area contributed by atoms with E-state index in [-0.39, 0.29) is 18.0 Å². The molecule has 7 heteroatoms. The second kappa shape index (κ2) is 7.82. The van der Waals surface area contributed by atoms with Gasteiger partial charge in [-0.25, -0.2) is 4.98 Å². The highest BCUT2D eigenvalue weighted by Crippen LogP contribution is 2.32. The van der Waals surface area contributed by atoms with Crippen LogP contribution in [0.1, 0.15) is 35.3 Å². The van der Waals surface area contributed by atoms with E-state index in [0.717, 1.165) is 35.2 Å². The standard InChI is InChI=1S/C20H20ClN3O2S/c21-14-6-4-5-13(9-14)10-22-17(25)11-24-12-23-19-18(20(24)26)15-7-2-1-3-8-16(15)27-19/h4-6,9,12H,1-3,7-8,10-11H2,(H,22,25). The van der Waals surface area contributed by atoms with Crippen LogP contribution < -0.4 is 10.9 Å². The summed E-state index contributed by atoms with van der Waals surface area (Å²) in [7, 11) is 0. The molecule has 0 saturated carbocycles. The molecule has 0 bridgehead atoms. The predicted octanol–water partition coefficient (Wildman–Crippen LogP) is 3.70. The third-order valence-corrected chi connectivity index (χ3v) is 6.32. The smallest absolute Gasteiger partial charge is 0.262 e. The summed E-state index contributed by atoms with van der Waals surface area (Å²) < 4.78 is 1.41. The zero-order valence-corrected chi connectivity index (χ0v) is 16.4. The fourth-order valence-electron chi connectivity index (χ4n) is 3.53. The largest absolute Gasteiger partial charge is 0.350 e. The Morgan fingerprint density at radius 3 is 2.96 bits per heavy atom. The van der Waals surface area contributed by atoms with E-state index in [0.29, 0.717) is 17.0 Å². The van der Waals surface area contributed by atoms with Crippen molar-refractivity contribution in [2.45, 2.75) is 45.2 Å². The van der Waals surface area contributed by atoms with E-state index in [9.17, 15) is 9.59 Å². The molecule has 0 unspecified atom stereocenters. The predicted molar refractivity (Wildman–Crippen MR) is 108 cm³/mol. The fraction of sp³-hybridized carbons (Fsp3) is 0.350. The summed E-state index contributed by atoms with van der Waals surface area (Å²) in [5.41, 5.74) is 1.95. The number of nitrogens with one attached hydrogen (secondary N) is 1. The van der Waals surface area contributed by atoms with Gasteiger partial charge in [-0.15, -0.1) is 11.3 Å². The lowest BCUT2D eigenvalue weighted by atomic mass is 10.1. The van der Waals surface area contributed by atoms with Crippen molar-refractivity contribution < 1.29 is 4.79 Å². The van der Waals surface area contributed by atoms with E-state index in [2.05, 4.69) is 10.3 Å². The van der Waals surface area contributed by atoms with E-state index < -0.39 is 0 Å². The van der Waals surface area contributed by atoms with Crippen LogP contribution in [0.15, 0.2) is 35.4 Å². The minimum absolute atomic E-state index is 0.0348. The summed E-state index contributed by atoms with van der Waals surface area (Å²) in [5, 5.41) is 4.17. The average molecular weight is 402 g/mol. The molecular formula is C20H20ClN3O2S. The van der Waals surface area contributed by atoms with Gasteiger partial charge in [-0.3, -0.25) is 14.2 Å². The molecule has 0 fully saturated rings. The lowest BCUT2D eigenvalue weighted by Gasteiger charge is -2.08. The van der Waals surface area contributed by atoms with Crippen LogP contribution in [0.4, 0.5) is 0 Å². The van der Waals surface area contributed by atoms with Crippen molar-refractivity contribution in [3.8, 4) is 0 Å². The van der Waals surface area contributed by atoms with Crippen LogP contribution in [0.25, 0.3) is 10.2 Å². The zero-order chi connectivity index (χ0) is 18.8. The second-order valence-electron chi connectivity index (χ2n) is 6.83. The molecule has 0 saturated heterocycles. The first-order chi connectivity index (χ1) is 13.1. The number of nitrogens with zero attached hydrogens (tertiary/aromatic N) is 2. The molecular weight excluding hydrogens is 382 g/mol. The van der Waals surface area contributed by atoms with E-state index in [4.69, 9.17) is 11.6 Å². The van der Waals surface area contributed by atoms with Crippen LogP contribution in [0.2, 0.25) is 5.02 Å². The molecule has 2 heterocycles. The third-order valence-electron chi connectivity index (χ3n) is 4.88. The highest BCUT2D eigenvalue weighted by molar-refractivity contribution is 7.18. The van der Waals surface area contributed by atoms with Gasteiger partial charge in [-0.05, 0) is 48.9 Å². The van der Waals surface area contributed by atoms with Crippen molar-refractivity contribution in [1.82, 2.24) is 14.9 Å². The minimum Gasteiger partial charge on any atom is -0.350 e. The normalized spacial score (nSPS) is 14.0. The van der Waals surface area contributed by atoms with E-state index in [1.165, 1.54) is 28.6 Å². The van der Waals surface area contributed by atoms with Gasteiger partial charge in [0.25, 0.3) is 5.56 Å². The minimum atomic E-state index is -0.223. The van der Waals surface area contributed by atoms with Crippen molar-refractivity contribution in [2.75, 3.05) is 0 Å². The highest BCUT2D eigenvalue weighted by Gasteiger charge is 2.19. The Morgan fingerprint density at radius 1 is 1.26 bits per heavy atom. The Balaban J connectivity index is 1.53. The quantitative estimate of drug-likeness (QED) is 0.678. The topological polar surface area (TPSA) is 64.0 Å². The van der Waals surface area contributed by atoms with Crippen molar-refractivity contribution in [1.29, 1.82) is 0 Å². The first kappa shape index (κ1) is 18.2. The van der Waals surface area contributed by atoms with Gasteiger partial charge in [0.15, 0.2) is 0 Å². The Labute approximate surface area is 166 Å². The molecule has 27 heavy (non-hydrogen) atoms. The van der Waals surface area contributed by atoms with Gasteiger partial charge in [-0.1, -0.05) is 30.2 Å². The monoisotopic (exact) mass is 401 g/mol. The Kier molecular flexibility index (Phi) is 5.27. The van der Waals surface area contributed by atoms with E-state index in [1.54, 1.807) is 17.4 Å². The Hall–Kier alpha value is -2.18. The number of carbonyl (C=O) groups excluding carboxylic acids is 1. The number of rotatable bonds is 4. The molecule has 1 N–H and O–H groups in total. The van der Waals surface area contributed by atoms with Gasteiger partial charge >= 0.3 is 0 Å². The maximum Gasteiger partial charge on any atom is 0.262 e. The molecule has 1 aromatic carbocycles. The van der Waals surface area contributed by atoms with Crippen LogP contribution in [0.3, 0.4) is 0 Å². The maximum absolute atomic E-state index is 13.0. The number of benzene rings is 1. The maximum atomic E-state index is 13.0. The summed E-state index contributed by atoms with van der Waals surface area (Å²) in [6.45, 7) is 0.338. The summed E-state index contributed by atoms with van der Waals surface area (Å²) in [6.07, 6.45) is 6.91. The van der Waals surface area contributed by atoms with Crippen LogP contribution >= 0.6 is 22.9 Å². The van der Waals surface area contributed by atoms with Crippen LogP contribution in [-0.2, 0) is 30.7 Å². The van der Waals surface area contributed by atoms with Crippen molar-refractivity contribution in [2.24, 2.45) is 0 Å². The number of hydrogen-bond donors (Lipinski definition) is 1. The van der Waals surface area contributed by atoms with Crippen LogP contribution in [0, 0.1) is 0 Å². The number of thiophene rings is 1. The van der Waals surface area contributed by atoms with Gasteiger partial charge < -0.3 is 5.32 Å². The molecule has 5 nitrogen and oxygen atoms in total. The number of fused-ring (bicyclic) bond motifs is 3. The Bertz CT molecular complexity index is 1060. The molecule has 3 aromatic rings. The van der Waals surface area contributed by atoms with Gasteiger partial charge in [-0.2, -0.15) is 0 Å². The molecule has 140 valence electrons. The molecule has 0 spiro atoms. The van der Waals surface area contributed by atoms with Crippen LogP contribution in [0.5, 0.6) is 0 Å². The van der Waals surface area contributed by atoms with E-state index in [1.807, 2.05) is 18.2 Å². The summed E-state index contributed by atoms with van der Waals surface area (Å²) in [6, 6.07) is 7.33. The first-order valence-electron chi connectivity index (χ1n) is 9.12. The van der Waals surface area contributed by atoms with Gasteiger partial charge in [0.2, 0.25) is 5.91 Å². The molecule has 2 aromatic heterocycles. The number of aromatic nitrogens is 2. The first-order valence-corrected chi connectivity index (χ1v) is 10.3. The molecule has 0 aliphatic heterocycles. The number of halogens is 1. The van der Waals surface area contributed by atoms with Gasteiger partial charge in [0.1, 0.15) is 11.4 Å². The number of hydrogen-bond acceptors (Lipinski definition) is 4. The van der Waals surface area contributed by atoms with Gasteiger partial charge in [0.05, 0.1) is 11.7 Å². The lowest BCUT2D eigenvalue weighted by molar-refractivity contribution is -0.121. The highest BCUT2D eigenvalue weighted by atomic mass is 35.5. The SMILES string of the molecule is O=C(Cn1cnc2sc3c(c2c1=O)CCCCC3)NCc1cccc(Cl)c1. The molecule has 1 aliphatic rings. The van der Waals surface area contributed by atoms with Crippen LogP contribution in [-0.4, -0.2) is 15.5 Å². The third kappa shape index (κ3) is 3.92.